The molecule has 1 heterocycles. The molecule has 0 unspecified atom stereocenters. The molecule has 43 heavy (non-hydrogen) atoms. The molecule has 2 aromatic carbocycles. The van der Waals surface area contributed by atoms with Crippen LogP contribution in [-0.4, -0.2) is 42.7 Å². The lowest BCUT2D eigenvalue weighted by Crippen LogP contribution is -2.35. The van der Waals surface area contributed by atoms with Crippen molar-refractivity contribution in [3.05, 3.63) is 68.3 Å². The maximum atomic E-state index is 13.5. The molecule has 14 heteroatoms. The van der Waals surface area contributed by atoms with Gasteiger partial charge in [-0.15, -0.1) is 0 Å². The van der Waals surface area contributed by atoms with Crippen LogP contribution in [0.25, 0.3) is 5.57 Å². The van der Waals surface area contributed by atoms with Crippen LogP contribution in [0.3, 0.4) is 0 Å². The van der Waals surface area contributed by atoms with Gasteiger partial charge in [0.25, 0.3) is 0 Å². The van der Waals surface area contributed by atoms with Gasteiger partial charge in [-0.3, -0.25) is 15.0 Å². The first-order chi connectivity index (χ1) is 19.9. The lowest BCUT2D eigenvalue weighted by atomic mass is 9.72. The van der Waals surface area contributed by atoms with Crippen LogP contribution in [0, 0.1) is 15.5 Å². The Morgan fingerprint density at radius 1 is 1.00 bits per heavy atom. The van der Waals surface area contributed by atoms with Gasteiger partial charge in [0.1, 0.15) is 11.9 Å². The zero-order chi connectivity index (χ0) is 32.1. The topological polar surface area (TPSA) is 91.1 Å². The molecule has 0 radical (unpaired) electrons. The summed E-state index contributed by atoms with van der Waals surface area (Å²) in [6, 6.07) is 2.92. The third kappa shape index (κ3) is 6.52. The number of ether oxygens (including phenoxy) is 3. The highest BCUT2D eigenvalue weighted by Gasteiger charge is 2.44. The fourth-order valence-corrected chi connectivity index (χ4v) is 5.66. The summed E-state index contributed by atoms with van der Waals surface area (Å²) >= 11 is 0. The first-order valence-corrected chi connectivity index (χ1v) is 13.2. The van der Waals surface area contributed by atoms with Gasteiger partial charge in [-0.05, 0) is 66.5 Å². The van der Waals surface area contributed by atoms with E-state index in [1.54, 1.807) is 0 Å². The van der Waals surface area contributed by atoms with Crippen molar-refractivity contribution in [3.63, 3.8) is 0 Å². The van der Waals surface area contributed by atoms with Gasteiger partial charge in [0, 0.05) is 24.2 Å². The molecule has 1 aliphatic heterocycles. The zero-order valence-electron chi connectivity index (χ0n) is 24.0. The second-order valence-electron chi connectivity index (χ2n) is 11.4. The highest BCUT2D eigenvalue weighted by molar-refractivity contribution is 5.79. The lowest BCUT2D eigenvalue weighted by molar-refractivity contribution is -0.385. The quantitative estimate of drug-likeness (QED) is 0.177. The van der Waals surface area contributed by atoms with Gasteiger partial charge in [0.05, 0.1) is 36.3 Å². The minimum absolute atomic E-state index is 0.0113. The van der Waals surface area contributed by atoms with E-state index in [0.717, 1.165) is 0 Å². The number of halogens is 6. The van der Waals surface area contributed by atoms with Crippen LogP contribution in [-0.2, 0) is 17.1 Å². The van der Waals surface area contributed by atoms with E-state index in [-0.39, 0.29) is 29.5 Å². The van der Waals surface area contributed by atoms with Crippen molar-refractivity contribution in [2.45, 2.75) is 64.5 Å². The fraction of sp³-hybridized carbons (Fsp3) is 0.483. The van der Waals surface area contributed by atoms with Crippen LogP contribution in [0.15, 0.2) is 35.9 Å². The van der Waals surface area contributed by atoms with Gasteiger partial charge in [-0.1, -0.05) is 13.8 Å². The summed E-state index contributed by atoms with van der Waals surface area (Å²) < 4.78 is 97.0. The molecule has 1 saturated heterocycles. The van der Waals surface area contributed by atoms with Crippen molar-refractivity contribution in [2.75, 3.05) is 20.8 Å². The van der Waals surface area contributed by atoms with Gasteiger partial charge < -0.3 is 14.2 Å². The maximum Gasteiger partial charge on any atom is 0.416 e. The number of rotatable bonds is 7. The van der Waals surface area contributed by atoms with Crippen molar-refractivity contribution in [2.24, 2.45) is 5.41 Å². The van der Waals surface area contributed by atoms with E-state index in [1.807, 2.05) is 13.8 Å². The average Bonchev–Trinajstić information content (AvgIpc) is 3.19. The molecule has 1 fully saturated rings. The average molecular weight is 617 g/mol. The molecule has 0 aromatic heterocycles. The molecule has 0 spiro atoms. The number of hydrogen-bond acceptors (Lipinski definition) is 6. The largest absolute Gasteiger partial charge is 0.496 e. The number of allylic oxidation sites excluding steroid dienone is 1. The predicted octanol–water partition coefficient (Wildman–Crippen LogP) is 8.20. The highest BCUT2D eigenvalue weighted by Crippen LogP contribution is 2.48. The third-order valence-corrected chi connectivity index (χ3v) is 7.89. The number of nitro groups is 1. The predicted molar refractivity (Wildman–Crippen MR) is 143 cm³/mol. The number of amides is 1. The summed E-state index contributed by atoms with van der Waals surface area (Å²) in [4.78, 5) is 25.5. The van der Waals surface area contributed by atoms with E-state index in [9.17, 15) is 41.3 Å². The maximum absolute atomic E-state index is 13.5. The van der Waals surface area contributed by atoms with Gasteiger partial charge in [0.2, 0.25) is 5.75 Å². The molecular formula is C29H30F6N2O6. The number of nitro benzene ring substituents is 1. The molecular weight excluding hydrogens is 586 g/mol. The number of carbonyl (C=O) groups is 1. The van der Waals surface area contributed by atoms with Crippen LogP contribution in [0.5, 0.6) is 11.5 Å². The molecule has 1 amide bonds. The minimum atomic E-state index is -5.06. The summed E-state index contributed by atoms with van der Waals surface area (Å²) in [7, 11) is 2.68. The number of alkyl halides is 6. The van der Waals surface area contributed by atoms with Crippen molar-refractivity contribution in [1.82, 2.24) is 4.90 Å². The second-order valence-corrected chi connectivity index (χ2v) is 11.4. The number of benzene rings is 2. The van der Waals surface area contributed by atoms with Crippen LogP contribution in [0.2, 0.25) is 0 Å². The summed E-state index contributed by atoms with van der Waals surface area (Å²) in [6.07, 6.45) is -10.8. The molecule has 2 aromatic rings. The van der Waals surface area contributed by atoms with Crippen molar-refractivity contribution in [3.8, 4) is 11.5 Å². The Morgan fingerprint density at radius 2 is 1.58 bits per heavy atom. The van der Waals surface area contributed by atoms with Crippen molar-refractivity contribution in [1.29, 1.82) is 0 Å². The Bertz CT molecular complexity index is 1430. The highest BCUT2D eigenvalue weighted by atomic mass is 19.4. The summed E-state index contributed by atoms with van der Waals surface area (Å²) in [5.41, 5.74) is -2.17. The number of nitrogens with zero attached hydrogens (tertiary/aromatic N) is 2. The summed E-state index contributed by atoms with van der Waals surface area (Å²) in [5, 5.41) is 11.8. The number of carbonyl (C=O) groups excluding carboxylic acids is 1. The smallest absolute Gasteiger partial charge is 0.416 e. The van der Waals surface area contributed by atoms with Crippen LogP contribution < -0.4 is 9.47 Å². The molecule has 1 aliphatic carbocycles. The minimum Gasteiger partial charge on any atom is -0.496 e. The number of methoxy groups -OCH3 is 2. The number of cyclic esters (lactones) is 1. The lowest BCUT2D eigenvalue weighted by Gasteiger charge is -2.35. The van der Waals surface area contributed by atoms with E-state index in [0.29, 0.717) is 53.9 Å². The normalized spacial score (nSPS) is 20.7. The first-order valence-electron chi connectivity index (χ1n) is 13.2. The third-order valence-electron chi connectivity index (χ3n) is 7.89. The molecule has 0 saturated carbocycles. The Morgan fingerprint density at radius 3 is 2.09 bits per heavy atom. The van der Waals surface area contributed by atoms with Gasteiger partial charge in [-0.25, -0.2) is 4.79 Å². The fourth-order valence-electron chi connectivity index (χ4n) is 5.66. The SMILES string of the molecule is COc1cc(OC)c([N+](=O)[O-])cc1C1=C(CN2C(=O)O[C@H](c3cc(C(F)(F)F)cc(C(F)(F)F)c3)[C@@H]2C)CC(C)(C)CC1. The summed E-state index contributed by atoms with van der Waals surface area (Å²) in [6.45, 7) is 5.43. The zero-order valence-corrected chi connectivity index (χ0v) is 24.0. The van der Waals surface area contributed by atoms with E-state index in [2.05, 4.69) is 0 Å². The van der Waals surface area contributed by atoms with Crippen LogP contribution >= 0.6 is 0 Å². The summed E-state index contributed by atoms with van der Waals surface area (Å²) in [5.74, 6) is 0.288. The molecule has 0 N–H and O–H groups in total. The molecule has 0 bridgehead atoms. The Hall–Kier alpha value is -3.97. The molecule has 4 rings (SSSR count). The molecule has 2 atom stereocenters. The second kappa shape index (κ2) is 11.3. The molecule has 8 nitrogen and oxygen atoms in total. The van der Waals surface area contributed by atoms with Crippen LogP contribution in [0.4, 0.5) is 36.8 Å². The standard InChI is InChI=1S/C29H30F6N2O6/c1-15-25(16-8-18(28(30,31)32)10-19(9-16)29(33,34)35)43-26(38)36(15)14-17-13-27(2,3)7-6-20(17)21-11-22(37(39)40)24(42-5)12-23(21)41-4/h8-12,15,25H,6-7,13-14H2,1-5H3/t15-,25-/m0/s1. The van der Waals surface area contributed by atoms with Gasteiger partial charge in [-0.2, -0.15) is 26.3 Å². The van der Waals surface area contributed by atoms with E-state index in [1.165, 1.54) is 38.2 Å². The van der Waals surface area contributed by atoms with Crippen molar-refractivity contribution < 1.29 is 50.3 Å². The Labute approximate surface area is 243 Å². The number of hydrogen-bond donors (Lipinski definition) is 0. The first kappa shape index (κ1) is 32.0. The van der Waals surface area contributed by atoms with E-state index in [4.69, 9.17) is 14.2 Å². The Balaban J connectivity index is 1.78. The molecule has 2 aliphatic rings. The van der Waals surface area contributed by atoms with Crippen LogP contribution in [0.1, 0.15) is 68.4 Å². The van der Waals surface area contributed by atoms with E-state index < -0.39 is 52.2 Å². The monoisotopic (exact) mass is 616 g/mol. The van der Waals surface area contributed by atoms with Crippen molar-refractivity contribution >= 4 is 17.4 Å². The van der Waals surface area contributed by atoms with E-state index >= 15 is 0 Å². The Kier molecular flexibility index (Phi) is 8.37. The van der Waals surface area contributed by atoms with Gasteiger partial charge in [0.15, 0.2) is 0 Å². The molecule has 234 valence electrons. The van der Waals surface area contributed by atoms with Gasteiger partial charge >= 0.3 is 24.1 Å².